The molecule has 0 aliphatic carbocycles. The monoisotopic (exact) mass is 479 g/mol. The Morgan fingerprint density at radius 1 is 1.22 bits per heavy atom. The molecule has 2 aromatic carbocycles. The average Bonchev–Trinajstić information content (AvgIpc) is 3.10. The predicted octanol–water partition coefficient (Wildman–Crippen LogP) is 0.784. The normalized spacial score (nSPS) is 14.3. The molecule has 0 saturated carbocycles. The molecule has 1 atom stereocenters. The summed E-state index contributed by atoms with van der Waals surface area (Å²) in [5.41, 5.74) is 1.89. The van der Waals surface area contributed by atoms with Crippen molar-refractivity contribution in [2.24, 2.45) is 10.1 Å². The Hall–Kier alpha value is -2.74. The van der Waals surface area contributed by atoms with E-state index in [0.29, 0.717) is 33.4 Å². The van der Waals surface area contributed by atoms with Crippen molar-refractivity contribution in [3.8, 4) is 5.69 Å². The third-order valence-corrected chi connectivity index (χ3v) is 5.49. The number of nitrogens with one attached hydrogen (secondary N) is 2. The maximum atomic E-state index is 14.5. The molecule has 1 aliphatic heterocycles. The van der Waals surface area contributed by atoms with Crippen molar-refractivity contribution in [3.05, 3.63) is 76.1 Å². The first-order valence-electron chi connectivity index (χ1n) is 9.47. The van der Waals surface area contributed by atoms with Crippen LogP contribution in [0, 0.1) is 5.82 Å². The summed E-state index contributed by atoms with van der Waals surface area (Å²) in [6, 6.07) is 11.4. The number of aliphatic hydroxyl groups is 1. The fourth-order valence-corrected chi connectivity index (χ4v) is 3.83. The van der Waals surface area contributed by atoms with E-state index in [4.69, 9.17) is 16.7 Å². The van der Waals surface area contributed by atoms with Crippen molar-refractivity contribution < 1.29 is 17.9 Å². The van der Waals surface area contributed by atoms with E-state index in [-0.39, 0.29) is 25.5 Å². The van der Waals surface area contributed by atoms with E-state index in [9.17, 15) is 17.9 Å². The minimum Gasteiger partial charge on any atom is -0.371 e. The number of rotatable bonds is 7. The molecule has 0 saturated heterocycles. The van der Waals surface area contributed by atoms with Crippen LogP contribution in [0.3, 0.4) is 0 Å². The molecule has 32 heavy (non-hydrogen) atoms. The smallest absolute Gasteiger partial charge is 0.274 e. The minimum absolute atomic E-state index is 0.0267. The highest BCUT2D eigenvalue weighted by Gasteiger charge is 2.25. The molecule has 3 aromatic rings. The van der Waals surface area contributed by atoms with Gasteiger partial charge in [0.05, 0.1) is 17.9 Å². The molecule has 1 aliphatic rings. The second-order valence-corrected chi connectivity index (χ2v) is 8.72. The van der Waals surface area contributed by atoms with Gasteiger partial charge in [-0.15, -0.1) is 5.10 Å². The predicted molar refractivity (Wildman–Crippen MR) is 116 cm³/mol. The Morgan fingerprint density at radius 3 is 2.75 bits per heavy atom. The largest absolute Gasteiger partial charge is 0.371 e. The van der Waals surface area contributed by atoms with Crippen LogP contribution in [-0.2, 0) is 16.8 Å². The quantitative estimate of drug-likeness (QED) is 0.291. The van der Waals surface area contributed by atoms with Crippen LogP contribution in [0.15, 0.2) is 47.5 Å². The standard InChI is InChI=1S/C19H19ClFN7O3S/c20-11-5-6-15-13(9-11)17(12-3-1-2-4-14(12)21)24-10-16-26-18(27-28(15)16)19(29)23-7-8-25-32(22,30)31/h1-6,9,19,23,25,29H,7-8,10H2,(H2,22,30,31). The van der Waals surface area contributed by atoms with Crippen LogP contribution in [0.1, 0.15) is 29.0 Å². The van der Waals surface area contributed by atoms with Crippen LogP contribution in [0.25, 0.3) is 5.69 Å². The number of aliphatic hydroxyl groups excluding tert-OH is 1. The molecule has 0 amide bonds. The lowest BCUT2D eigenvalue weighted by atomic mass is 10.00. The SMILES string of the molecule is NS(=O)(=O)NCCNC(O)c1nc2n(n1)-c1ccc(Cl)cc1C(c1ccccc1F)=NC2. The zero-order chi connectivity index (χ0) is 22.9. The Bertz CT molecular complexity index is 1300. The number of aromatic nitrogens is 3. The number of hydrogen-bond acceptors (Lipinski definition) is 7. The zero-order valence-corrected chi connectivity index (χ0v) is 18.1. The van der Waals surface area contributed by atoms with Crippen molar-refractivity contribution in [2.75, 3.05) is 13.1 Å². The lowest BCUT2D eigenvalue weighted by Crippen LogP contribution is -2.37. The number of nitrogens with zero attached hydrogens (tertiary/aromatic N) is 4. The van der Waals surface area contributed by atoms with Crippen molar-refractivity contribution in [1.82, 2.24) is 24.8 Å². The van der Waals surface area contributed by atoms with E-state index in [1.807, 2.05) is 0 Å². The molecule has 5 N–H and O–H groups in total. The van der Waals surface area contributed by atoms with Gasteiger partial charge in [-0.1, -0.05) is 23.7 Å². The summed E-state index contributed by atoms with van der Waals surface area (Å²) in [5.74, 6) is 0.0811. The van der Waals surface area contributed by atoms with Gasteiger partial charge in [0.25, 0.3) is 10.2 Å². The van der Waals surface area contributed by atoms with Gasteiger partial charge in [-0.2, -0.15) is 8.42 Å². The van der Waals surface area contributed by atoms with Gasteiger partial charge in [0.1, 0.15) is 5.82 Å². The van der Waals surface area contributed by atoms with Crippen LogP contribution in [0.2, 0.25) is 5.02 Å². The molecule has 1 aromatic heterocycles. The molecule has 2 heterocycles. The topological polar surface area (TPSA) is 148 Å². The molecular formula is C19H19ClFN7O3S. The number of nitrogens with two attached hydrogens (primary N) is 1. The summed E-state index contributed by atoms with van der Waals surface area (Å²) in [5, 5.41) is 22.7. The first-order chi connectivity index (χ1) is 15.2. The third kappa shape index (κ3) is 4.85. The van der Waals surface area contributed by atoms with E-state index in [1.54, 1.807) is 36.4 Å². The van der Waals surface area contributed by atoms with Crippen LogP contribution >= 0.6 is 11.6 Å². The summed E-state index contributed by atoms with van der Waals surface area (Å²) >= 11 is 6.21. The van der Waals surface area contributed by atoms with E-state index in [1.165, 1.54) is 10.7 Å². The van der Waals surface area contributed by atoms with E-state index in [2.05, 4.69) is 25.1 Å². The zero-order valence-electron chi connectivity index (χ0n) is 16.5. The van der Waals surface area contributed by atoms with Crippen LogP contribution in [-0.4, -0.2) is 47.1 Å². The second kappa shape index (κ2) is 9.02. The molecule has 1 unspecified atom stereocenters. The average molecular weight is 480 g/mol. The second-order valence-electron chi connectivity index (χ2n) is 6.90. The molecule has 13 heteroatoms. The highest BCUT2D eigenvalue weighted by atomic mass is 35.5. The Kier molecular flexibility index (Phi) is 6.33. The van der Waals surface area contributed by atoms with Gasteiger partial charge in [0.15, 0.2) is 17.9 Å². The maximum absolute atomic E-state index is 14.5. The van der Waals surface area contributed by atoms with E-state index < -0.39 is 22.3 Å². The molecule has 4 rings (SSSR count). The first kappa shape index (κ1) is 22.5. The lowest BCUT2D eigenvalue weighted by molar-refractivity contribution is 0.131. The van der Waals surface area contributed by atoms with Crippen LogP contribution in [0.4, 0.5) is 4.39 Å². The van der Waals surface area contributed by atoms with Crippen molar-refractivity contribution in [3.63, 3.8) is 0 Å². The van der Waals surface area contributed by atoms with Gasteiger partial charge < -0.3 is 5.11 Å². The highest BCUT2D eigenvalue weighted by molar-refractivity contribution is 7.87. The lowest BCUT2D eigenvalue weighted by Gasteiger charge is -2.12. The Labute approximate surface area is 188 Å². The Morgan fingerprint density at radius 2 is 2.00 bits per heavy atom. The van der Waals surface area contributed by atoms with Crippen LogP contribution in [0.5, 0.6) is 0 Å². The molecule has 0 bridgehead atoms. The number of aliphatic imine (C=N–C) groups is 1. The van der Waals surface area contributed by atoms with Crippen molar-refractivity contribution in [2.45, 2.75) is 12.8 Å². The van der Waals surface area contributed by atoms with Gasteiger partial charge in [0.2, 0.25) is 0 Å². The summed E-state index contributed by atoms with van der Waals surface area (Å²) < 4.78 is 39.9. The van der Waals surface area contributed by atoms with Gasteiger partial charge in [0, 0.05) is 29.2 Å². The minimum atomic E-state index is -3.82. The van der Waals surface area contributed by atoms with Crippen LogP contribution < -0.4 is 15.2 Å². The first-order valence-corrected chi connectivity index (χ1v) is 11.4. The van der Waals surface area contributed by atoms with Gasteiger partial charge >= 0.3 is 0 Å². The fraction of sp³-hybridized carbons (Fsp3) is 0.211. The number of benzene rings is 2. The number of halogens is 2. The number of fused-ring (bicyclic) bond motifs is 3. The maximum Gasteiger partial charge on any atom is 0.274 e. The van der Waals surface area contributed by atoms with Gasteiger partial charge in [-0.3, -0.25) is 10.3 Å². The summed E-state index contributed by atoms with van der Waals surface area (Å²) in [7, 11) is -3.82. The van der Waals surface area contributed by atoms with Gasteiger partial charge in [-0.25, -0.2) is 23.9 Å². The third-order valence-electron chi connectivity index (χ3n) is 4.65. The molecule has 168 valence electrons. The molecule has 0 fully saturated rings. The summed E-state index contributed by atoms with van der Waals surface area (Å²) in [4.78, 5) is 8.91. The molecule has 10 nitrogen and oxygen atoms in total. The van der Waals surface area contributed by atoms with Gasteiger partial charge in [-0.05, 0) is 30.3 Å². The molecular weight excluding hydrogens is 461 g/mol. The van der Waals surface area contributed by atoms with Crippen molar-refractivity contribution in [1.29, 1.82) is 0 Å². The highest BCUT2D eigenvalue weighted by Crippen LogP contribution is 2.28. The summed E-state index contributed by atoms with van der Waals surface area (Å²) in [6.07, 6.45) is -1.26. The van der Waals surface area contributed by atoms with Crippen molar-refractivity contribution >= 4 is 27.5 Å². The molecule has 0 spiro atoms. The summed E-state index contributed by atoms with van der Waals surface area (Å²) in [6.45, 7) is 0.146. The number of hydrogen-bond donors (Lipinski definition) is 4. The molecule has 0 radical (unpaired) electrons. The Balaban J connectivity index is 1.65. The van der Waals surface area contributed by atoms with E-state index >= 15 is 0 Å². The fourth-order valence-electron chi connectivity index (χ4n) is 3.27. The van der Waals surface area contributed by atoms with E-state index in [0.717, 1.165) is 0 Å².